The first-order valence-corrected chi connectivity index (χ1v) is 13.6. The fraction of sp³-hybridized carbons (Fsp3) is 0.265. The van der Waals surface area contributed by atoms with Gasteiger partial charge in [-0.1, -0.05) is 84.9 Å². The Labute approximate surface area is 233 Å². The summed E-state index contributed by atoms with van der Waals surface area (Å²) >= 11 is 0. The predicted octanol–water partition coefficient (Wildman–Crippen LogP) is 5.87. The van der Waals surface area contributed by atoms with Gasteiger partial charge in [-0.25, -0.2) is 4.79 Å². The van der Waals surface area contributed by atoms with E-state index in [1.165, 1.54) is 6.08 Å². The van der Waals surface area contributed by atoms with Crippen LogP contribution < -0.4 is 0 Å². The Morgan fingerprint density at radius 3 is 2.23 bits per heavy atom. The number of para-hydroxylation sites is 1. The van der Waals surface area contributed by atoms with Crippen molar-refractivity contribution in [3.63, 3.8) is 0 Å². The van der Waals surface area contributed by atoms with Crippen LogP contribution in [0.15, 0.2) is 103 Å². The fourth-order valence-electron chi connectivity index (χ4n) is 7.25. The van der Waals surface area contributed by atoms with Crippen LogP contribution in [0.3, 0.4) is 0 Å². The number of fused-ring (bicyclic) bond motifs is 5. The first-order chi connectivity index (χ1) is 19.6. The van der Waals surface area contributed by atoms with Gasteiger partial charge in [0.15, 0.2) is 5.41 Å². The van der Waals surface area contributed by atoms with Crippen molar-refractivity contribution in [1.29, 1.82) is 10.5 Å². The van der Waals surface area contributed by atoms with Gasteiger partial charge in [-0.05, 0) is 35.6 Å². The van der Waals surface area contributed by atoms with E-state index in [1.54, 1.807) is 13.0 Å². The summed E-state index contributed by atoms with van der Waals surface area (Å²) in [5.74, 6) is -2.96. The number of aliphatic hydroxyl groups excluding tert-OH is 1. The summed E-state index contributed by atoms with van der Waals surface area (Å²) in [5.41, 5.74) is 2.11. The van der Waals surface area contributed by atoms with Crippen LogP contribution in [0.5, 0.6) is 0 Å². The molecule has 1 fully saturated rings. The van der Waals surface area contributed by atoms with Gasteiger partial charge in [-0.3, -0.25) is 0 Å². The van der Waals surface area contributed by atoms with Gasteiger partial charge in [0.1, 0.15) is 0 Å². The van der Waals surface area contributed by atoms with Crippen LogP contribution in [0.4, 0.5) is 0 Å². The van der Waals surface area contributed by atoms with Crippen LogP contribution in [-0.2, 0) is 9.53 Å². The summed E-state index contributed by atoms with van der Waals surface area (Å²) in [6.07, 6.45) is 2.02. The van der Waals surface area contributed by atoms with E-state index in [0.717, 1.165) is 27.7 Å². The molecule has 6 rings (SSSR count). The molecule has 0 bridgehead atoms. The second-order valence-corrected chi connectivity index (χ2v) is 10.6. The maximum Gasteiger partial charge on any atom is 0.330 e. The Balaban J connectivity index is 1.64. The second-order valence-electron chi connectivity index (χ2n) is 10.6. The third-order valence-corrected chi connectivity index (χ3v) is 8.69. The highest BCUT2D eigenvalue weighted by Gasteiger charge is 2.65. The van der Waals surface area contributed by atoms with Gasteiger partial charge >= 0.3 is 5.97 Å². The number of benzene rings is 3. The standard InChI is InChI=1S/C34H29N3O3/c1-2-40-28(38)18-17-25-30(22-11-5-3-6-12-22)34(20-35,21-36)31-27-19-24-15-9-10-16-26(24)37(27)32(29(31)33(25)39)23-13-7-4-8-14-23/h3-19,25,29-33,39H,2H2,1H3/b18-17+/t25-,29-,30-,31+,32+,33-/m0/s1. The molecule has 6 nitrogen and oxygen atoms in total. The number of rotatable bonds is 5. The summed E-state index contributed by atoms with van der Waals surface area (Å²) in [6, 6.07) is 34.1. The molecule has 198 valence electrons. The van der Waals surface area contributed by atoms with Crippen LogP contribution in [0, 0.1) is 39.9 Å². The van der Waals surface area contributed by atoms with Crippen molar-refractivity contribution in [1.82, 2.24) is 4.57 Å². The number of hydrogen-bond acceptors (Lipinski definition) is 5. The summed E-state index contributed by atoms with van der Waals surface area (Å²) in [6.45, 7) is 1.96. The van der Waals surface area contributed by atoms with Gasteiger partial charge in [0.2, 0.25) is 0 Å². The van der Waals surface area contributed by atoms with Gasteiger partial charge in [-0.2, -0.15) is 10.5 Å². The van der Waals surface area contributed by atoms with Crippen molar-refractivity contribution in [2.45, 2.75) is 30.9 Å². The number of carbonyl (C=O) groups is 1. The Kier molecular flexibility index (Phi) is 6.50. The maximum atomic E-state index is 12.4. The maximum absolute atomic E-state index is 12.4. The monoisotopic (exact) mass is 527 g/mol. The highest BCUT2D eigenvalue weighted by Crippen LogP contribution is 2.66. The normalized spacial score (nSPS) is 26.5. The molecule has 0 saturated heterocycles. The van der Waals surface area contributed by atoms with E-state index in [1.807, 2.05) is 84.9 Å². The lowest BCUT2D eigenvalue weighted by molar-refractivity contribution is -0.137. The molecule has 1 saturated carbocycles. The molecule has 1 N–H and O–H groups in total. The van der Waals surface area contributed by atoms with Crippen molar-refractivity contribution < 1.29 is 14.6 Å². The number of aliphatic hydroxyl groups is 1. The molecule has 1 aromatic heterocycles. The molecule has 3 aromatic carbocycles. The van der Waals surface area contributed by atoms with E-state index in [0.29, 0.717) is 0 Å². The quantitative estimate of drug-likeness (QED) is 0.258. The van der Waals surface area contributed by atoms with Crippen molar-refractivity contribution in [3.8, 4) is 12.1 Å². The average molecular weight is 528 g/mol. The number of carbonyl (C=O) groups excluding carboxylic acids is 1. The molecule has 2 heterocycles. The van der Waals surface area contributed by atoms with E-state index >= 15 is 0 Å². The molecule has 0 amide bonds. The van der Waals surface area contributed by atoms with Crippen LogP contribution >= 0.6 is 0 Å². The number of esters is 1. The smallest absolute Gasteiger partial charge is 0.330 e. The molecule has 0 radical (unpaired) electrons. The van der Waals surface area contributed by atoms with E-state index in [2.05, 4.69) is 22.8 Å². The highest BCUT2D eigenvalue weighted by molar-refractivity contribution is 5.83. The molecule has 6 atom stereocenters. The molecular weight excluding hydrogens is 498 g/mol. The summed E-state index contributed by atoms with van der Waals surface area (Å²) in [4.78, 5) is 12.4. The van der Waals surface area contributed by atoms with Crippen LogP contribution in [0.1, 0.15) is 41.6 Å². The number of nitrogens with zero attached hydrogens (tertiary/aromatic N) is 3. The van der Waals surface area contributed by atoms with E-state index in [9.17, 15) is 20.4 Å². The first-order valence-electron chi connectivity index (χ1n) is 13.6. The van der Waals surface area contributed by atoms with E-state index < -0.39 is 41.2 Å². The zero-order chi connectivity index (χ0) is 27.9. The Bertz CT molecular complexity index is 1650. The van der Waals surface area contributed by atoms with Crippen LogP contribution in [0.2, 0.25) is 0 Å². The molecule has 0 spiro atoms. The van der Waals surface area contributed by atoms with Crippen molar-refractivity contribution in [2.24, 2.45) is 17.3 Å². The SMILES string of the molecule is CCOC(=O)/C=C/[C@@H]1[C@H](O)[C@@H]2[C@@H](c3ccccc3)n3c(cc4ccccc43)[C@H]2C(C#N)(C#N)[C@H]1c1ccccc1. The molecule has 4 aromatic rings. The third kappa shape index (κ3) is 3.76. The van der Waals surface area contributed by atoms with Gasteiger partial charge in [0, 0.05) is 41.0 Å². The van der Waals surface area contributed by atoms with Gasteiger partial charge in [0.25, 0.3) is 0 Å². The highest BCUT2D eigenvalue weighted by atomic mass is 16.5. The van der Waals surface area contributed by atoms with Crippen molar-refractivity contribution in [2.75, 3.05) is 6.61 Å². The molecule has 6 heteroatoms. The number of ether oxygens (including phenoxy) is 1. The first kappa shape index (κ1) is 25.6. The summed E-state index contributed by atoms with van der Waals surface area (Å²) < 4.78 is 7.35. The largest absolute Gasteiger partial charge is 0.463 e. The molecule has 1 aliphatic carbocycles. The van der Waals surface area contributed by atoms with Gasteiger partial charge < -0.3 is 14.4 Å². The lowest BCUT2D eigenvalue weighted by atomic mass is 9.50. The second kappa shape index (κ2) is 10.2. The topological polar surface area (TPSA) is 99.0 Å². The van der Waals surface area contributed by atoms with Crippen LogP contribution in [-0.4, -0.2) is 28.4 Å². The Morgan fingerprint density at radius 1 is 0.950 bits per heavy atom. The Morgan fingerprint density at radius 2 is 1.57 bits per heavy atom. The number of aromatic nitrogens is 1. The molecule has 2 aliphatic rings. The molecular formula is C34H29N3O3. The fourth-order valence-corrected chi connectivity index (χ4v) is 7.25. The zero-order valence-electron chi connectivity index (χ0n) is 22.1. The molecule has 0 unspecified atom stereocenters. The summed E-state index contributed by atoms with van der Waals surface area (Å²) in [7, 11) is 0. The van der Waals surface area contributed by atoms with E-state index in [-0.39, 0.29) is 12.6 Å². The number of nitriles is 2. The lowest BCUT2D eigenvalue weighted by Crippen LogP contribution is -2.52. The Hall–Kier alpha value is -4.65. The minimum Gasteiger partial charge on any atom is -0.463 e. The van der Waals surface area contributed by atoms with Gasteiger partial charge in [-0.15, -0.1) is 0 Å². The van der Waals surface area contributed by atoms with Gasteiger partial charge in [0.05, 0.1) is 30.9 Å². The van der Waals surface area contributed by atoms with Crippen molar-refractivity contribution in [3.05, 3.63) is 120 Å². The van der Waals surface area contributed by atoms with E-state index in [4.69, 9.17) is 4.74 Å². The van der Waals surface area contributed by atoms with Crippen molar-refractivity contribution >= 4 is 16.9 Å². The van der Waals surface area contributed by atoms with Crippen LogP contribution in [0.25, 0.3) is 10.9 Å². The average Bonchev–Trinajstić information content (AvgIpc) is 3.53. The minimum absolute atomic E-state index is 0.224. The predicted molar refractivity (Wildman–Crippen MR) is 151 cm³/mol. The number of hydrogen-bond donors (Lipinski definition) is 1. The molecule has 1 aliphatic heterocycles. The molecule has 40 heavy (non-hydrogen) atoms. The minimum atomic E-state index is -1.52. The third-order valence-electron chi connectivity index (χ3n) is 8.69. The zero-order valence-corrected chi connectivity index (χ0v) is 22.1. The summed E-state index contributed by atoms with van der Waals surface area (Å²) in [5, 5.41) is 35.2. The lowest BCUT2D eigenvalue weighted by Gasteiger charge is -2.50.